The van der Waals surface area contributed by atoms with Gasteiger partial charge in [0.05, 0.1) is 16.4 Å². The fourth-order valence-electron chi connectivity index (χ4n) is 1.46. The summed E-state index contributed by atoms with van der Waals surface area (Å²) in [5.74, 6) is -0.834. The molecule has 1 N–H and O–H groups in total. The van der Waals surface area contributed by atoms with Gasteiger partial charge in [-0.25, -0.2) is 4.39 Å². The Morgan fingerprint density at radius 3 is 2.78 bits per heavy atom. The lowest BCUT2D eigenvalue weighted by Gasteiger charge is -2.06. The molecule has 2 aromatic rings. The van der Waals surface area contributed by atoms with Crippen LogP contribution >= 0.6 is 15.9 Å². The van der Waals surface area contributed by atoms with Crippen molar-refractivity contribution >= 4 is 27.5 Å². The van der Waals surface area contributed by atoms with E-state index in [0.29, 0.717) is 10.2 Å². The summed E-state index contributed by atoms with van der Waals surface area (Å²) in [5.41, 5.74) is 1.79. The first-order valence-electron chi connectivity index (χ1n) is 5.24. The summed E-state index contributed by atoms with van der Waals surface area (Å²) >= 11 is 3.04. The highest BCUT2D eigenvalue weighted by Gasteiger charge is 2.09. The Hall–Kier alpha value is -1.75. The average molecular weight is 309 g/mol. The number of aromatic nitrogens is 1. The van der Waals surface area contributed by atoms with Crippen molar-refractivity contribution in [1.82, 2.24) is 4.98 Å². The van der Waals surface area contributed by atoms with E-state index in [0.717, 1.165) is 5.56 Å². The molecule has 0 radical (unpaired) electrons. The highest BCUT2D eigenvalue weighted by molar-refractivity contribution is 9.10. The van der Waals surface area contributed by atoms with E-state index >= 15 is 0 Å². The van der Waals surface area contributed by atoms with Crippen molar-refractivity contribution in [1.29, 1.82) is 0 Å². The SMILES string of the molecule is Cc1cncc(NC(=O)c2ccc(Br)c(F)c2)c1. The standard InChI is InChI=1S/C13H10BrFN2O/c1-8-4-10(7-16-6-8)17-13(18)9-2-3-11(14)12(15)5-9/h2-7H,1H3,(H,17,18). The van der Waals surface area contributed by atoms with Gasteiger partial charge in [-0.1, -0.05) is 0 Å². The molecular formula is C13H10BrFN2O. The fourth-order valence-corrected chi connectivity index (χ4v) is 1.71. The number of carbonyl (C=O) groups excluding carboxylic acids is 1. The molecule has 18 heavy (non-hydrogen) atoms. The van der Waals surface area contributed by atoms with Crippen LogP contribution in [-0.4, -0.2) is 10.9 Å². The van der Waals surface area contributed by atoms with Crippen LogP contribution in [0.25, 0.3) is 0 Å². The Labute approximate surface area is 112 Å². The van der Waals surface area contributed by atoms with Crippen LogP contribution < -0.4 is 5.32 Å². The molecule has 0 aliphatic heterocycles. The van der Waals surface area contributed by atoms with Gasteiger partial charge >= 0.3 is 0 Å². The third-order valence-corrected chi connectivity index (χ3v) is 2.96. The Bertz CT molecular complexity index is 601. The molecular weight excluding hydrogens is 299 g/mol. The molecule has 0 fully saturated rings. The van der Waals surface area contributed by atoms with E-state index in [9.17, 15) is 9.18 Å². The summed E-state index contributed by atoms with van der Waals surface area (Å²) in [6, 6.07) is 6.02. The van der Waals surface area contributed by atoms with Crippen LogP contribution in [0.1, 0.15) is 15.9 Å². The maximum Gasteiger partial charge on any atom is 0.255 e. The summed E-state index contributed by atoms with van der Waals surface area (Å²) < 4.78 is 13.6. The number of benzene rings is 1. The van der Waals surface area contributed by atoms with Crippen molar-refractivity contribution in [2.24, 2.45) is 0 Å². The zero-order chi connectivity index (χ0) is 13.1. The normalized spacial score (nSPS) is 10.2. The second kappa shape index (κ2) is 5.27. The predicted octanol–water partition coefficient (Wildman–Crippen LogP) is 3.54. The molecule has 1 aromatic heterocycles. The van der Waals surface area contributed by atoms with E-state index in [1.807, 2.05) is 6.92 Å². The van der Waals surface area contributed by atoms with Crippen LogP contribution in [-0.2, 0) is 0 Å². The summed E-state index contributed by atoms with van der Waals surface area (Å²) in [5, 5.41) is 2.66. The molecule has 0 spiro atoms. The smallest absolute Gasteiger partial charge is 0.255 e. The van der Waals surface area contributed by atoms with Crippen molar-refractivity contribution in [3.8, 4) is 0 Å². The summed E-state index contributed by atoms with van der Waals surface area (Å²) in [6.45, 7) is 1.88. The minimum Gasteiger partial charge on any atom is -0.321 e. The molecule has 1 heterocycles. The van der Waals surface area contributed by atoms with Crippen LogP contribution in [0.2, 0.25) is 0 Å². The first kappa shape index (κ1) is 12.7. The molecule has 5 heteroatoms. The molecule has 1 aromatic carbocycles. The van der Waals surface area contributed by atoms with Gasteiger partial charge < -0.3 is 5.32 Å². The molecule has 0 aliphatic carbocycles. The third-order valence-electron chi connectivity index (χ3n) is 2.31. The van der Waals surface area contributed by atoms with Crippen molar-refractivity contribution < 1.29 is 9.18 Å². The number of aryl methyl sites for hydroxylation is 1. The first-order valence-corrected chi connectivity index (χ1v) is 6.03. The average Bonchev–Trinajstić information content (AvgIpc) is 2.32. The van der Waals surface area contributed by atoms with Crippen LogP contribution in [0.15, 0.2) is 41.1 Å². The summed E-state index contributed by atoms with van der Waals surface area (Å²) in [7, 11) is 0. The number of carbonyl (C=O) groups is 1. The number of halogens is 2. The number of nitrogens with one attached hydrogen (secondary N) is 1. The quantitative estimate of drug-likeness (QED) is 0.922. The lowest BCUT2D eigenvalue weighted by molar-refractivity contribution is 0.102. The predicted molar refractivity (Wildman–Crippen MR) is 71.0 cm³/mol. The number of hydrogen-bond donors (Lipinski definition) is 1. The topological polar surface area (TPSA) is 42.0 Å². The van der Waals surface area contributed by atoms with Gasteiger partial charge in [-0.05, 0) is 52.7 Å². The van der Waals surface area contributed by atoms with Gasteiger partial charge in [-0.15, -0.1) is 0 Å². The summed E-state index contributed by atoms with van der Waals surface area (Å²) in [4.78, 5) is 15.8. The third kappa shape index (κ3) is 2.92. The Kier molecular flexibility index (Phi) is 3.72. The molecule has 0 bridgehead atoms. The maximum absolute atomic E-state index is 13.3. The van der Waals surface area contributed by atoms with E-state index < -0.39 is 5.82 Å². The number of nitrogens with zero attached hydrogens (tertiary/aromatic N) is 1. The van der Waals surface area contributed by atoms with Crippen LogP contribution in [0.4, 0.5) is 10.1 Å². The van der Waals surface area contributed by atoms with E-state index in [-0.39, 0.29) is 11.5 Å². The summed E-state index contributed by atoms with van der Waals surface area (Å²) in [6.07, 6.45) is 3.23. The Morgan fingerprint density at radius 1 is 1.33 bits per heavy atom. The lowest BCUT2D eigenvalue weighted by atomic mass is 10.2. The zero-order valence-electron chi connectivity index (χ0n) is 9.58. The van der Waals surface area contributed by atoms with E-state index in [4.69, 9.17) is 0 Å². The van der Waals surface area contributed by atoms with Crippen molar-refractivity contribution in [3.63, 3.8) is 0 Å². The molecule has 0 atom stereocenters. The minimum absolute atomic E-state index is 0.261. The minimum atomic E-state index is -0.468. The highest BCUT2D eigenvalue weighted by atomic mass is 79.9. The zero-order valence-corrected chi connectivity index (χ0v) is 11.2. The largest absolute Gasteiger partial charge is 0.321 e. The van der Waals surface area contributed by atoms with Gasteiger partial charge in [0, 0.05) is 11.8 Å². The van der Waals surface area contributed by atoms with Gasteiger partial charge in [-0.3, -0.25) is 9.78 Å². The van der Waals surface area contributed by atoms with Gasteiger partial charge in [0.1, 0.15) is 5.82 Å². The number of hydrogen-bond acceptors (Lipinski definition) is 2. The van der Waals surface area contributed by atoms with Crippen molar-refractivity contribution in [2.45, 2.75) is 6.92 Å². The molecule has 0 aliphatic rings. The first-order chi connectivity index (χ1) is 8.56. The Balaban J connectivity index is 2.19. The molecule has 1 amide bonds. The van der Waals surface area contributed by atoms with Crippen LogP contribution in [0, 0.1) is 12.7 Å². The Morgan fingerprint density at radius 2 is 2.11 bits per heavy atom. The molecule has 0 saturated carbocycles. The van der Waals surface area contributed by atoms with E-state index in [2.05, 4.69) is 26.2 Å². The number of pyridine rings is 1. The fraction of sp³-hybridized carbons (Fsp3) is 0.0769. The van der Waals surface area contributed by atoms with Gasteiger partial charge in [0.25, 0.3) is 5.91 Å². The molecule has 2 rings (SSSR count). The van der Waals surface area contributed by atoms with Gasteiger partial charge in [-0.2, -0.15) is 0 Å². The number of anilines is 1. The maximum atomic E-state index is 13.3. The number of rotatable bonds is 2. The second-order valence-corrected chi connectivity index (χ2v) is 4.69. The highest BCUT2D eigenvalue weighted by Crippen LogP contribution is 2.17. The molecule has 0 saturated heterocycles. The van der Waals surface area contributed by atoms with Gasteiger partial charge in [0.15, 0.2) is 0 Å². The van der Waals surface area contributed by atoms with E-state index in [1.165, 1.54) is 12.1 Å². The number of amides is 1. The van der Waals surface area contributed by atoms with Gasteiger partial charge in [0.2, 0.25) is 0 Å². The second-order valence-electron chi connectivity index (χ2n) is 3.83. The van der Waals surface area contributed by atoms with Crippen molar-refractivity contribution in [3.05, 3.63) is 58.1 Å². The molecule has 3 nitrogen and oxygen atoms in total. The monoisotopic (exact) mass is 308 g/mol. The molecule has 92 valence electrons. The van der Waals surface area contributed by atoms with Crippen molar-refractivity contribution in [2.75, 3.05) is 5.32 Å². The van der Waals surface area contributed by atoms with E-state index in [1.54, 1.807) is 24.5 Å². The molecule has 0 unspecified atom stereocenters. The van der Waals surface area contributed by atoms with Crippen LogP contribution in [0.5, 0.6) is 0 Å². The lowest BCUT2D eigenvalue weighted by Crippen LogP contribution is -2.12. The van der Waals surface area contributed by atoms with Crippen LogP contribution in [0.3, 0.4) is 0 Å².